The SMILES string of the molecule is CC(C)OCC1CCC(N(C)C)CC1. The van der Waals surface area contributed by atoms with Crippen molar-refractivity contribution in [2.45, 2.75) is 51.7 Å². The van der Waals surface area contributed by atoms with Crippen molar-refractivity contribution in [3.63, 3.8) is 0 Å². The van der Waals surface area contributed by atoms with Crippen LogP contribution in [-0.2, 0) is 4.74 Å². The third-order valence-corrected chi connectivity index (χ3v) is 3.21. The molecular weight excluding hydrogens is 174 g/mol. The summed E-state index contributed by atoms with van der Waals surface area (Å²) >= 11 is 0. The van der Waals surface area contributed by atoms with E-state index in [1.54, 1.807) is 0 Å². The van der Waals surface area contributed by atoms with Gasteiger partial charge in [-0.3, -0.25) is 0 Å². The van der Waals surface area contributed by atoms with Gasteiger partial charge in [-0.1, -0.05) is 0 Å². The van der Waals surface area contributed by atoms with Gasteiger partial charge in [0.25, 0.3) is 0 Å². The van der Waals surface area contributed by atoms with Crippen LogP contribution in [0.4, 0.5) is 0 Å². The van der Waals surface area contributed by atoms with Crippen LogP contribution in [0.3, 0.4) is 0 Å². The second-order valence-electron chi connectivity index (χ2n) is 5.02. The van der Waals surface area contributed by atoms with Gasteiger partial charge < -0.3 is 9.64 Å². The monoisotopic (exact) mass is 199 g/mol. The van der Waals surface area contributed by atoms with E-state index >= 15 is 0 Å². The van der Waals surface area contributed by atoms with E-state index in [0.29, 0.717) is 6.10 Å². The summed E-state index contributed by atoms with van der Waals surface area (Å²) < 4.78 is 5.66. The molecule has 1 fully saturated rings. The van der Waals surface area contributed by atoms with Gasteiger partial charge in [-0.2, -0.15) is 0 Å². The Bertz CT molecular complexity index is 148. The van der Waals surface area contributed by atoms with Gasteiger partial charge in [0.15, 0.2) is 0 Å². The fourth-order valence-corrected chi connectivity index (χ4v) is 2.16. The number of rotatable bonds is 4. The first-order valence-electron chi connectivity index (χ1n) is 5.87. The number of hydrogen-bond donors (Lipinski definition) is 0. The molecule has 2 nitrogen and oxygen atoms in total. The number of hydrogen-bond acceptors (Lipinski definition) is 2. The molecule has 0 N–H and O–H groups in total. The molecule has 0 atom stereocenters. The fraction of sp³-hybridized carbons (Fsp3) is 1.00. The Morgan fingerprint density at radius 3 is 2.14 bits per heavy atom. The zero-order valence-corrected chi connectivity index (χ0v) is 10.1. The van der Waals surface area contributed by atoms with E-state index in [4.69, 9.17) is 4.74 Å². The maximum atomic E-state index is 5.66. The summed E-state index contributed by atoms with van der Waals surface area (Å²) in [6, 6.07) is 0.810. The quantitative estimate of drug-likeness (QED) is 0.690. The maximum Gasteiger partial charge on any atom is 0.0519 e. The van der Waals surface area contributed by atoms with Crippen molar-refractivity contribution in [2.75, 3.05) is 20.7 Å². The van der Waals surface area contributed by atoms with E-state index in [9.17, 15) is 0 Å². The number of ether oxygens (including phenoxy) is 1. The molecule has 0 radical (unpaired) electrons. The van der Waals surface area contributed by atoms with Gasteiger partial charge in [-0.25, -0.2) is 0 Å². The summed E-state index contributed by atoms with van der Waals surface area (Å²) in [6.07, 6.45) is 5.77. The van der Waals surface area contributed by atoms with Crippen molar-refractivity contribution in [3.8, 4) is 0 Å². The van der Waals surface area contributed by atoms with Crippen molar-refractivity contribution in [3.05, 3.63) is 0 Å². The molecule has 1 saturated carbocycles. The van der Waals surface area contributed by atoms with E-state index in [1.807, 2.05) is 0 Å². The summed E-state index contributed by atoms with van der Waals surface area (Å²) in [5, 5.41) is 0. The summed E-state index contributed by atoms with van der Waals surface area (Å²) in [7, 11) is 4.38. The average molecular weight is 199 g/mol. The van der Waals surface area contributed by atoms with Crippen LogP contribution < -0.4 is 0 Å². The lowest BCUT2D eigenvalue weighted by atomic mass is 9.86. The van der Waals surface area contributed by atoms with Crippen LogP contribution in [-0.4, -0.2) is 37.7 Å². The normalized spacial score (nSPS) is 28.7. The standard InChI is InChI=1S/C12H25NO/c1-10(2)14-9-11-5-7-12(8-6-11)13(3)4/h10-12H,5-9H2,1-4H3. The van der Waals surface area contributed by atoms with Crippen LogP contribution in [0.15, 0.2) is 0 Å². The van der Waals surface area contributed by atoms with Crippen LogP contribution in [0.5, 0.6) is 0 Å². The molecule has 0 unspecified atom stereocenters. The Morgan fingerprint density at radius 2 is 1.71 bits per heavy atom. The van der Waals surface area contributed by atoms with Gasteiger partial charge in [-0.05, 0) is 59.5 Å². The lowest BCUT2D eigenvalue weighted by Gasteiger charge is -2.32. The maximum absolute atomic E-state index is 5.66. The van der Waals surface area contributed by atoms with Crippen molar-refractivity contribution in [1.82, 2.24) is 4.90 Å². The topological polar surface area (TPSA) is 12.5 Å². The Morgan fingerprint density at radius 1 is 1.14 bits per heavy atom. The third-order valence-electron chi connectivity index (χ3n) is 3.21. The molecule has 14 heavy (non-hydrogen) atoms. The van der Waals surface area contributed by atoms with Crippen molar-refractivity contribution < 1.29 is 4.74 Å². The minimum absolute atomic E-state index is 0.390. The van der Waals surface area contributed by atoms with Crippen LogP contribution in [0.25, 0.3) is 0 Å². The average Bonchev–Trinajstić information content (AvgIpc) is 2.15. The Labute approximate surface area is 88.6 Å². The van der Waals surface area contributed by atoms with Gasteiger partial charge in [0.2, 0.25) is 0 Å². The summed E-state index contributed by atoms with van der Waals surface area (Å²) in [6.45, 7) is 5.20. The first kappa shape index (κ1) is 12.0. The summed E-state index contributed by atoms with van der Waals surface area (Å²) in [4.78, 5) is 2.36. The highest BCUT2D eigenvalue weighted by atomic mass is 16.5. The van der Waals surface area contributed by atoms with Crippen molar-refractivity contribution >= 4 is 0 Å². The van der Waals surface area contributed by atoms with Crippen LogP contribution in [0, 0.1) is 5.92 Å². The van der Waals surface area contributed by atoms with Crippen molar-refractivity contribution in [2.24, 2.45) is 5.92 Å². The second kappa shape index (κ2) is 5.72. The van der Waals surface area contributed by atoms with E-state index in [2.05, 4.69) is 32.8 Å². The highest BCUT2D eigenvalue weighted by Gasteiger charge is 2.22. The smallest absolute Gasteiger partial charge is 0.0519 e. The van der Waals surface area contributed by atoms with Gasteiger partial charge in [0.05, 0.1) is 6.10 Å². The zero-order valence-electron chi connectivity index (χ0n) is 10.1. The minimum atomic E-state index is 0.390. The number of nitrogens with zero attached hydrogens (tertiary/aromatic N) is 1. The lowest BCUT2D eigenvalue weighted by molar-refractivity contribution is 0.0337. The van der Waals surface area contributed by atoms with Crippen molar-refractivity contribution in [1.29, 1.82) is 0 Å². The molecule has 0 heterocycles. The predicted octanol–water partition coefficient (Wildman–Crippen LogP) is 2.53. The predicted molar refractivity (Wildman–Crippen MR) is 60.5 cm³/mol. The fourth-order valence-electron chi connectivity index (χ4n) is 2.16. The minimum Gasteiger partial charge on any atom is -0.379 e. The summed E-state index contributed by atoms with van der Waals surface area (Å²) in [5.74, 6) is 0.814. The second-order valence-corrected chi connectivity index (χ2v) is 5.02. The van der Waals surface area contributed by atoms with Gasteiger partial charge in [0.1, 0.15) is 0 Å². The van der Waals surface area contributed by atoms with E-state index < -0.39 is 0 Å². The molecule has 0 aromatic carbocycles. The van der Waals surface area contributed by atoms with Crippen LogP contribution in [0.1, 0.15) is 39.5 Å². The van der Waals surface area contributed by atoms with E-state index in [-0.39, 0.29) is 0 Å². The first-order valence-corrected chi connectivity index (χ1v) is 5.87. The molecule has 0 aromatic rings. The summed E-state index contributed by atoms with van der Waals surface area (Å²) in [5.41, 5.74) is 0. The largest absolute Gasteiger partial charge is 0.379 e. The molecule has 0 amide bonds. The molecule has 1 rings (SSSR count). The molecule has 0 aromatic heterocycles. The molecular formula is C12H25NO. The molecule has 0 aliphatic heterocycles. The van der Waals surface area contributed by atoms with E-state index in [0.717, 1.165) is 18.6 Å². The Balaban J connectivity index is 2.16. The molecule has 1 aliphatic carbocycles. The van der Waals surface area contributed by atoms with Crippen LogP contribution in [0.2, 0.25) is 0 Å². The zero-order chi connectivity index (χ0) is 10.6. The molecule has 0 bridgehead atoms. The third kappa shape index (κ3) is 3.97. The molecule has 84 valence electrons. The molecule has 1 aliphatic rings. The first-order chi connectivity index (χ1) is 6.59. The highest BCUT2D eigenvalue weighted by Crippen LogP contribution is 2.26. The lowest BCUT2D eigenvalue weighted by Crippen LogP contribution is -2.33. The van der Waals surface area contributed by atoms with Gasteiger partial charge >= 0.3 is 0 Å². The Kier molecular flexibility index (Phi) is 4.90. The molecule has 0 spiro atoms. The Hall–Kier alpha value is -0.0800. The van der Waals surface area contributed by atoms with Gasteiger partial charge in [-0.15, -0.1) is 0 Å². The van der Waals surface area contributed by atoms with Gasteiger partial charge in [0, 0.05) is 12.6 Å². The van der Waals surface area contributed by atoms with Crippen LogP contribution >= 0.6 is 0 Å². The molecule has 0 saturated heterocycles. The highest BCUT2D eigenvalue weighted by molar-refractivity contribution is 4.76. The molecule has 2 heteroatoms. The van der Waals surface area contributed by atoms with E-state index in [1.165, 1.54) is 25.7 Å².